The van der Waals surface area contributed by atoms with Crippen molar-refractivity contribution < 1.29 is 23.9 Å². The monoisotopic (exact) mass is 424 g/mol. The number of nitrogens with one attached hydrogen (secondary N) is 1. The molecule has 1 aliphatic rings. The van der Waals surface area contributed by atoms with E-state index in [1.165, 1.54) is 11.3 Å². The average Bonchev–Trinajstić information content (AvgIpc) is 2.92. The van der Waals surface area contributed by atoms with Crippen molar-refractivity contribution in [2.45, 2.75) is 84.6 Å². The van der Waals surface area contributed by atoms with E-state index in [2.05, 4.69) is 5.32 Å². The van der Waals surface area contributed by atoms with Crippen LogP contribution in [0, 0.1) is 0 Å². The summed E-state index contributed by atoms with van der Waals surface area (Å²) in [6, 6.07) is 1.36. The Bertz CT molecular complexity index is 786. The lowest BCUT2D eigenvalue weighted by molar-refractivity contribution is -0.0000142. The predicted molar refractivity (Wildman–Crippen MR) is 113 cm³/mol. The lowest BCUT2D eigenvalue weighted by Crippen LogP contribution is -2.57. The van der Waals surface area contributed by atoms with Gasteiger partial charge in [0.15, 0.2) is 6.29 Å². The zero-order valence-corrected chi connectivity index (χ0v) is 19.4. The molecule has 1 aromatic heterocycles. The fraction of sp³-hybridized carbons (Fsp3) is 0.667. The maximum absolute atomic E-state index is 13.0. The first-order chi connectivity index (χ1) is 13.1. The molecule has 0 spiro atoms. The maximum Gasteiger partial charge on any atom is 0.410 e. The standard InChI is InChI=1S/C21H32N2O5S/c1-19(2,3)27-17(25)22-21(7,8)16-15-13(11-14(12-24)29-15)9-10-23(16)18(26)28-20(4,5)6/h11-12,16H,9-10H2,1-8H3,(H,22,25). The number of thiophene rings is 1. The van der Waals surface area contributed by atoms with E-state index in [0.29, 0.717) is 17.8 Å². The van der Waals surface area contributed by atoms with Crippen LogP contribution in [-0.4, -0.2) is 46.7 Å². The molecule has 0 saturated carbocycles. The van der Waals surface area contributed by atoms with E-state index in [0.717, 1.165) is 16.7 Å². The van der Waals surface area contributed by atoms with Crippen LogP contribution in [0.5, 0.6) is 0 Å². The highest BCUT2D eigenvalue weighted by Gasteiger charge is 2.45. The van der Waals surface area contributed by atoms with Crippen molar-refractivity contribution in [2.75, 3.05) is 6.54 Å². The molecular formula is C21H32N2O5S. The Hall–Kier alpha value is -2.09. The van der Waals surface area contributed by atoms with Crippen LogP contribution in [0.1, 0.15) is 81.5 Å². The van der Waals surface area contributed by atoms with Crippen molar-refractivity contribution in [3.8, 4) is 0 Å². The molecule has 0 radical (unpaired) electrons. The van der Waals surface area contributed by atoms with Crippen LogP contribution in [0.3, 0.4) is 0 Å². The molecule has 1 unspecified atom stereocenters. The Balaban J connectivity index is 2.41. The summed E-state index contributed by atoms with van der Waals surface area (Å²) in [7, 11) is 0. The molecule has 0 saturated heterocycles. The number of hydrogen-bond donors (Lipinski definition) is 1. The summed E-state index contributed by atoms with van der Waals surface area (Å²) >= 11 is 1.34. The van der Waals surface area contributed by atoms with Gasteiger partial charge in [-0.1, -0.05) is 0 Å². The Morgan fingerprint density at radius 2 is 1.69 bits per heavy atom. The zero-order valence-electron chi connectivity index (χ0n) is 18.5. The smallest absolute Gasteiger partial charge is 0.410 e. The molecule has 1 aliphatic heterocycles. The van der Waals surface area contributed by atoms with E-state index in [9.17, 15) is 14.4 Å². The Kier molecular flexibility index (Phi) is 6.37. The largest absolute Gasteiger partial charge is 0.444 e. The number of carbonyl (C=O) groups excluding carboxylic acids is 3. The van der Waals surface area contributed by atoms with Gasteiger partial charge in [-0.05, 0) is 73.4 Å². The van der Waals surface area contributed by atoms with E-state index in [-0.39, 0.29) is 0 Å². The number of hydrogen-bond acceptors (Lipinski definition) is 6. The van der Waals surface area contributed by atoms with Crippen LogP contribution in [-0.2, 0) is 15.9 Å². The Morgan fingerprint density at radius 1 is 1.10 bits per heavy atom. The van der Waals surface area contributed by atoms with Crippen molar-refractivity contribution in [1.29, 1.82) is 0 Å². The number of ether oxygens (including phenoxy) is 2. The molecule has 162 valence electrons. The first-order valence-electron chi connectivity index (χ1n) is 9.71. The topological polar surface area (TPSA) is 84.9 Å². The minimum Gasteiger partial charge on any atom is -0.444 e. The molecule has 0 fully saturated rings. The van der Waals surface area contributed by atoms with Crippen LogP contribution in [0.4, 0.5) is 9.59 Å². The molecular weight excluding hydrogens is 392 g/mol. The molecule has 29 heavy (non-hydrogen) atoms. The fourth-order valence-corrected chi connectivity index (χ4v) is 4.66. The average molecular weight is 425 g/mol. The van der Waals surface area contributed by atoms with Gasteiger partial charge in [-0.15, -0.1) is 11.3 Å². The molecule has 0 aromatic carbocycles. The van der Waals surface area contributed by atoms with Crippen molar-refractivity contribution in [2.24, 2.45) is 0 Å². The number of alkyl carbamates (subject to hydrolysis) is 1. The third-order valence-electron chi connectivity index (χ3n) is 4.29. The highest BCUT2D eigenvalue weighted by Crippen LogP contribution is 2.42. The molecule has 2 rings (SSSR count). The van der Waals surface area contributed by atoms with Crippen LogP contribution in [0.2, 0.25) is 0 Å². The Morgan fingerprint density at radius 3 is 2.21 bits per heavy atom. The van der Waals surface area contributed by atoms with Crippen LogP contribution in [0.25, 0.3) is 0 Å². The van der Waals surface area contributed by atoms with Crippen molar-refractivity contribution in [3.63, 3.8) is 0 Å². The van der Waals surface area contributed by atoms with E-state index in [1.54, 1.807) is 25.7 Å². The normalized spacial score (nSPS) is 17.4. The summed E-state index contributed by atoms with van der Waals surface area (Å²) in [6.07, 6.45) is 0.420. The molecule has 1 atom stereocenters. The van der Waals surface area contributed by atoms with Gasteiger partial charge in [0, 0.05) is 11.4 Å². The summed E-state index contributed by atoms with van der Waals surface area (Å²) in [6.45, 7) is 14.9. The Labute approximate surface area is 176 Å². The number of rotatable bonds is 3. The van der Waals surface area contributed by atoms with Gasteiger partial charge in [0.25, 0.3) is 0 Å². The predicted octanol–water partition coefficient (Wildman–Crippen LogP) is 4.70. The lowest BCUT2D eigenvalue weighted by Gasteiger charge is -2.45. The van der Waals surface area contributed by atoms with Crippen LogP contribution in [0.15, 0.2) is 6.07 Å². The summed E-state index contributed by atoms with van der Waals surface area (Å²) in [5.74, 6) is 0. The molecule has 7 nitrogen and oxygen atoms in total. The first-order valence-corrected chi connectivity index (χ1v) is 10.5. The number of amides is 2. The molecule has 0 bridgehead atoms. The van der Waals surface area contributed by atoms with Crippen LogP contribution >= 0.6 is 11.3 Å². The second kappa shape index (κ2) is 7.97. The van der Waals surface area contributed by atoms with E-state index < -0.39 is 35.0 Å². The van der Waals surface area contributed by atoms with E-state index in [4.69, 9.17) is 9.47 Å². The minimum atomic E-state index is -0.862. The summed E-state index contributed by atoms with van der Waals surface area (Å²) in [5, 5.41) is 2.91. The van der Waals surface area contributed by atoms with Gasteiger partial charge in [0.2, 0.25) is 0 Å². The van der Waals surface area contributed by atoms with Gasteiger partial charge < -0.3 is 14.8 Å². The van der Waals surface area contributed by atoms with E-state index >= 15 is 0 Å². The molecule has 1 aromatic rings. The second-order valence-corrected chi connectivity index (χ2v) is 10.9. The number of carbonyl (C=O) groups is 3. The SMILES string of the molecule is CC(C)(C)OC(=O)NC(C)(C)C1c2sc(C=O)cc2CCN1C(=O)OC(C)(C)C. The molecule has 8 heteroatoms. The summed E-state index contributed by atoms with van der Waals surface area (Å²) in [4.78, 5) is 39.9. The van der Waals surface area contributed by atoms with Gasteiger partial charge in [0.05, 0.1) is 16.5 Å². The molecule has 2 heterocycles. The van der Waals surface area contributed by atoms with Gasteiger partial charge in [-0.25, -0.2) is 9.59 Å². The highest BCUT2D eigenvalue weighted by atomic mass is 32.1. The second-order valence-electron chi connectivity index (χ2n) is 9.83. The lowest BCUT2D eigenvalue weighted by atomic mass is 9.87. The van der Waals surface area contributed by atoms with E-state index in [1.807, 2.05) is 40.7 Å². The van der Waals surface area contributed by atoms with Crippen LogP contribution < -0.4 is 5.32 Å². The number of nitrogens with zero attached hydrogens (tertiary/aromatic N) is 1. The molecule has 1 N–H and O–H groups in total. The van der Waals surface area contributed by atoms with Gasteiger partial charge in [0.1, 0.15) is 11.2 Å². The fourth-order valence-electron chi connectivity index (χ4n) is 3.33. The molecule has 0 aliphatic carbocycles. The van der Waals surface area contributed by atoms with Crippen molar-refractivity contribution in [1.82, 2.24) is 10.2 Å². The third kappa shape index (κ3) is 5.95. The number of aldehydes is 1. The highest BCUT2D eigenvalue weighted by molar-refractivity contribution is 7.13. The van der Waals surface area contributed by atoms with Gasteiger partial charge >= 0.3 is 12.2 Å². The quantitative estimate of drug-likeness (QED) is 0.711. The van der Waals surface area contributed by atoms with Gasteiger partial charge in [-0.2, -0.15) is 0 Å². The summed E-state index contributed by atoms with van der Waals surface area (Å²) in [5.41, 5.74) is -1.13. The third-order valence-corrected chi connectivity index (χ3v) is 5.45. The maximum atomic E-state index is 13.0. The van der Waals surface area contributed by atoms with Gasteiger partial charge in [-0.3, -0.25) is 9.69 Å². The first kappa shape index (κ1) is 23.2. The van der Waals surface area contributed by atoms with Crippen molar-refractivity contribution >= 4 is 29.8 Å². The number of fused-ring (bicyclic) bond motifs is 1. The zero-order chi connectivity index (χ0) is 22.2. The minimum absolute atomic E-state index is 0.432. The molecule has 2 amide bonds. The van der Waals surface area contributed by atoms with Crippen molar-refractivity contribution in [3.05, 3.63) is 21.4 Å². The summed E-state index contributed by atoms with van der Waals surface area (Å²) < 4.78 is 11.0.